The molecule has 0 saturated carbocycles. The van der Waals surface area contributed by atoms with E-state index in [1.54, 1.807) is 0 Å². The minimum atomic E-state index is 0.933. The lowest BCUT2D eigenvalue weighted by Crippen LogP contribution is -2.44. The second-order valence-corrected chi connectivity index (χ2v) is 9.70. The van der Waals surface area contributed by atoms with E-state index in [2.05, 4.69) is 114 Å². The standard InChI is InChI=1S/C32H32N4/c1-3-7-27(24-8-5-4-6-9-24)28-16-17-33-32-31(28)29-22-25(12-15-30(29)34-32)23-10-13-26(14-11-23)36-20-18-35(2)19-21-36/h4-17,22H,3,18-21H2,1-2H3,(H,33,34). The average molecular weight is 473 g/mol. The number of allylic oxidation sites excluding steroid dienone is 1. The first-order valence-corrected chi connectivity index (χ1v) is 12.9. The van der Waals surface area contributed by atoms with Crippen molar-refractivity contribution in [3.8, 4) is 11.1 Å². The number of pyridine rings is 1. The number of likely N-dealkylation sites (N-methyl/N-ethyl adjacent to an activating group) is 1. The summed E-state index contributed by atoms with van der Waals surface area (Å²) in [5, 5.41) is 2.40. The fourth-order valence-electron chi connectivity index (χ4n) is 5.36. The molecule has 2 aromatic heterocycles. The van der Waals surface area contributed by atoms with E-state index in [0.29, 0.717) is 0 Å². The Morgan fingerprint density at radius 3 is 2.39 bits per heavy atom. The highest BCUT2D eigenvalue weighted by molar-refractivity contribution is 6.13. The fraction of sp³-hybridized carbons (Fsp3) is 0.219. The van der Waals surface area contributed by atoms with Gasteiger partial charge in [0.1, 0.15) is 5.65 Å². The highest BCUT2D eigenvalue weighted by Crippen LogP contribution is 2.36. The summed E-state index contributed by atoms with van der Waals surface area (Å²) < 4.78 is 0. The summed E-state index contributed by atoms with van der Waals surface area (Å²) in [5.74, 6) is 0. The van der Waals surface area contributed by atoms with Crippen molar-refractivity contribution in [2.75, 3.05) is 38.1 Å². The van der Waals surface area contributed by atoms with E-state index in [9.17, 15) is 0 Å². The van der Waals surface area contributed by atoms with Gasteiger partial charge in [-0.1, -0.05) is 61.5 Å². The molecule has 0 radical (unpaired) electrons. The molecule has 0 unspecified atom stereocenters. The summed E-state index contributed by atoms with van der Waals surface area (Å²) in [6.45, 7) is 6.60. The van der Waals surface area contributed by atoms with Crippen LogP contribution in [0.3, 0.4) is 0 Å². The number of piperazine rings is 1. The summed E-state index contributed by atoms with van der Waals surface area (Å²) in [5.41, 5.74) is 9.54. The molecule has 0 atom stereocenters. The highest BCUT2D eigenvalue weighted by Gasteiger charge is 2.16. The Morgan fingerprint density at radius 1 is 0.889 bits per heavy atom. The Balaban J connectivity index is 1.42. The number of rotatable bonds is 5. The van der Waals surface area contributed by atoms with Crippen molar-refractivity contribution in [2.45, 2.75) is 13.3 Å². The van der Waals surface area contributed by atoms with Gasteiger partial charge < -0.3 is 14.8 Å². The van der Waals surface area contributed by atoms with Crippen molar-refractivity contribution in [2.24, 2.45) is 0 Å². The lowest BCUT2D eigenvalue weighted by Gasteiger charge is -2.34. The largest absolute Gasteiger partial charge is 0.369 e. The number of aromatic nitrogens is 2. The van der Waals surface area contributed by atoms with Gasteiger partial charge in [0.05, 0.1) is 0 Å². The molecular weight excluding hydrogens is 440 g/mol. The third kappa shape index (κ3) is 4.18. The van der Waals surface area contributed by atoms with Crippen LogP contribution >= 0.6 is 0 Å². The van der Waals surface area contributed by atoms with Gasteiger partial charge >= 0.3 is 0 Å². The van der Waals surface area contributed by atoms with Crippen molar-refractivity contribution in [1.29, 1.82) is 0 Å². The van der Waals surface area contributed by atoms with E-state index >= 15 is 0 Å². The van der Waals surface area contributed by atoms with Crippen molar-refractivity contribution in [1.82, 2.24) is 14.9 Å². The molecule has 0 aliphatic carbocycles. The van der Waals surface area contributed by atoms with E-state index < -0.39 is 0 Å². The number of nitrogens with zero attached hydrogens (tertiary/aromatic N) is 3. The maximum atomic E-state index is 4.69. The molecular formula is C32H32N4. The zero-order valence-electron chi connectivity index (χ0n) is 21.0. The predicted molar refractivity (Wildman–Crippen MR) is 153 cm³/mol. The van der Waals surface area contributed by atoms with Gasteiger partial charge in [-0.3, -0.25) is 0 Å². The number of fused-ring (bicyclic) bond motifs is 3. The molecule has 1 aliphatic heterocycles. The zero-order chi connectivity index (χ0) is 24.5. The highest BCUT2D eigenvalue weighted by atomic mass is 15.2. The molecule has 0 bridgehead atoms. The Morgan fingerprint density at radius 2 is 1.64 bits per heavy atom. The maximum absolute atomic E-state index is 4.69. The second-order valence-electron chi connectivity index (χ2n) is 9.70. The van der Waals surface area contributed by atoms with Gasteiger partial charge in [-0.2, -0.15) is 0 Å². The Hall–Kier alpha value is -3.89. The van der Waals surface area contributed by atoms with Gasteiger partial charge in [-0.15, -0.1) is 0 Å². The van der Waals surface area contributed by atoms with Crippen LogP contribution in [-0.2, 0) is 0 Å². The minimum Gasteiger partial charge on any atom is -0.369 e. The molecule has 1 aliphatic rings. The predicted octanol–water partition coefficient (Wildman–Crippen LogP) is 6.98. The van der Waals surface area contributed by atoms with Crippen LogP contribution in [0, 0.1) is 0 Å². The number of hydrogen-bond donors (Lipinski definition) is 1. The van der Waals surface area contributed by atoms with Crippen LogP contribution in [-0.4, -0.2) is 48.1 Å². The lowest BCUT2D eigenvalue weighted by molar-refractivity contribution is 0.313. The molecule has 36 heavy (non-hydrogen) atoms. The van der Waals surface area contributed by atoms with Crippen molar-refractivity contribution in [3.63, 3.8) is 0 Å². The van der Waals surface area contributed by atoms with Gasteiger partial charge in [0.2, 0.25) is 0 Å². The molecule has 1 N–H and O–H groups in total. The first kappa shape index (κ1) is 22.6. The van der Waals surface area contributed by atoms with Gasteiger partial charge in [0.25, 0.3) is 0 Å². The van der Waals surface area contributed by atoms with Gasteiger partial charge in [-0.25, -0.2) is 4.98 Å². The summed E-state index contributed by atoms with van der Waals surface area (Å²) >= 11 is 0. The molecule has 1 fully saturated rings. The molecule has 180 valence electrons. The number of H-pyrrole nitrogens is 1. The Bertz CT molecular complexity index is 1520. The van der Waals surface area contributed by atoms with Crippen LogP contribution in [0.25, 0.3) is 38.6 Å². The monoisotopic (exact) mass is 472 g/mol. The molecule has 4 nitrogen and oxygen atoms in total. The van der Waals surface area contributed by atoms with Gasteiger partial charge in [0.15, 0.2) is 0 Å². The van der Waals surface area contributed by atoms with E-state index in [0.717, 1.165) is 43.8 Å². The number of hydrogen-bond acceptors (Lipinski definition) is 3. The van der Waals surface area contributed by atoms with Gasteiger partial charge in [-0.05, 0) is 71.6 Å². The lowest BCUT2D eigenvalue weighted by atomic mass is 9.93. The molecule has 0 spiro atoms. The maximum Gasteiger partial charge on any atom is 0.138 e. The SMILES string of the molecule is CCC=C(c1ccccc1)c1ccnc2[nH]c3ccc(-c4ccc(N5CCN(C)CC5)cc4)cc3c12. The van der Waals surface area contributed by atoms with Crippen LogP contribution in [0.15, 0.2) is 91.1 Å². The van der Waals surface area contributed by atoms with E-state index in [4.69, 9.17) is 4.98 Å². The summed E-state index contributed by atoms with van der Waals surface area (Å²) in [6, 6.07) is 28.6. The van der Waals surface area contributed by atoms with Crippen LogP contribution in [0.4, 0.5) is 5.69 Å². The Labute approximate surface area is 212 Å². The quantitative estimate of drug-likeness (QED) is 0.300. The van der Waals surface area contributed by atoms with Crippen LogP contribution in [0.2, 0.25) is 0 Å². The second kappa shape index (κ2) is 9.63. The zero-order valence-corrected chi connectivity index (χ0v) is 21.0. The van der Waals surface area contributed by atoms with Crippen LogP contribution in [0.1, 0.15) is 24.5 Å². The van der Waals surface area contributed by atoms with E-state index in [-0.39, 0.29) is 0 Å². The number of nitrogens with one attached hydrogen (secondary N) is 1. The van der Waals surface area contributed by atoms with E-state index in [1.165, 1.54) is 44.3 Å². The third-order valence-electron chi connectivity index (χ3n) is 7.35. The number of aromatic amines is 1. The smallest absolute Gasteiger partial charge is 0.138 e. The molecule has 3 heterocycles. The van der Waals surface area contributed by atoms with Crippen molar-refractivity contribution >= 4 is 33.2 Å². The van der Waals surface area contributed by atoms with Crippen molar-refractivity contribution in [3.05, 3.63) is 102 Å². The third-order valence-corrected chi connectivity index (χ3v) is 7.35. The van der Waals surface area contributed by atoms with E-state index in [1.807, 2.05) is 6.20 Å². The molecule has 6 rings (SSSR count). The van der Waals surface area contributed by atoms with Crippen LogP contribution in [0.5, 0.6) is 0 Å². The summed E-state index contributed by atoms with van der Waals surface area (Å²) in [6.07, 6.45) is 5.21. The average Bonchev–Trinajstić information content (AvgIpc) is 3.31. The Kier molecular flexibility index (Phi) is 6.04. The molecule has 0 amide bonds. The molecule has 3 aromatic carbocycles. The van der Waals surface area contributed by atoms with Crippen molar-refractivity contribution < 1.29 is 0 Å². The minimum absolute atomic E-state index is 0.933. The number of benzene rings is 3. The fourth-order valence-corrected chi connectivity index (χ4v) is 5.36. The molecule has 4 heteroatoms. The first-order chi connectivity index (χ1) is 17.7. The summed E-state index contributed by atoms with van der Waals surface area (Å²) in [4.78, 5) is 13.1. The molecule has 1 saturated heterocycles. The first-order valence-electron chi connectivity index (χ1n) is 12.9. The topological polar surface area (TPSA) is 35.2 Å². The summed E-state index contributed by atoms with van der Waals surface area (Å²) in [7, 11) is 2.20. The van der Waals surface area contributed by atoms with Crippen LogP contribution < -0.4 is 4.90 Å². The molecule has 5 aromatic rings. The van der Waals surface area contributed by atoms with Gasteiger partial charge in [0, 0.05) is 54.4 Å². The number of anilines is 1. The normalized spacial score (nSPS) is 15.2.